The molecule has 3 heterocycles. The number of rotatable bonds is 9. The zero-order valence-electron chi connectivity index (χ0n) is 17.3. The molecule has 0 amide bonds. The van der Waals surface area contributed by atoms with Crippen molar-refractivity contribution in [1.82, 2.24) is 13.9 Å². The molecule has 12 nitrogen and oxygen atoms in total. The van der Waals surface area contributed by atoms with Crippen LogP contribution in [-0.4, -0.2) is 109 Å². The van der Waals surface area contributed by atoms with Crippen LogP contribution >= 0.6 is 0 Å². The molecule has 0 bridgehead atoms. The molecule has 31 heavy (non-hydrogen) atoms. The van der Waals surface area contributed by atoms with Crippen LogP contribution in [0.25, 0.3) is 0 Å². The molecule has 3 aliphatic rings. The highest BCUT2D eigenvalue weighted by atomic mass is 32.2. The Bertz CT molecular complexity index is 868. The highest BCUT2D eigenvalue weighted by molar-refractivity contribution is 7.91. The van der Waals surface area contributed by atoms with E-state index < -0.39 is 57.2 Å². The largest absolute Gasteiger partial charge is 0.480 e. The number of carboxylic acids is 1. The van der Waals surface area contributed by atoms with Gasteiger partial charge in [0.1, 0.15) is 15.4 Å². The van der Waals surface area contributed by atoms with Crippen molar-refractivity contribution in [2.24, 2.45) is 11.7 Å². The van der Waals surface area contributed by atoms with E-state index in [1.807, 2.05) is 0 Å². The van der Waals surface area contributed by atoms with Gasteiger partial charge >= 0.3 is 13.1 Å². The van der Waals surface area contributed by atoms with Crippen molar-refractivity contribution in [3.05, 3.63) is 0 Å². The number of carbonyl (C=O) groups is 1. The maximum atomic E-state index is 13.6. The van der Waals surface area contributed by atoms with Crippen LogP contribution in [0.5, 0.6) is 0 Å². The summed E-state index contributed by atoms with van der Waals surface area (Å²) in [5, 5.41) is 30.8. The second-order valence-electron chi connectivity index (χ2n) is 8.78. The van der Waals surface area contributed by atoms with Crippen LogP contribution in [0.2, 0.25) is 6.32 Å². The first-order chi connectivity index (χ1) is 14.4. The van der Waals surface area contributed by atoms with E-state index >= 15 is 0 Å². The van der Waals surface area contributed by atoms with Gasteiger partial charge in [0, 0.05) is 38.1 Å². The maximum absolute atomic E-state index is 13.6. The molecule has 0 unspecified atom stereocenters. The molecule has 0 saturated carbocycles. The molecule has 0 spiro atoms. The van der Waals surface area contributed by atoms with Crippen LogP contribution in [0.1, 0.15) is 25.7 Å². The summed E-state index contributed by atoms with van der Waals surface area (Å²) in [6.45, 7) is 0.411. The van der Waals surface area contributed by atoms with E-state index in [1.165, 1.54) is 4.31 Å². The van der Waals surface area contributed by atoms with Gasteiger partial charge in [0.25, 0.3) is 10.2 Å². The molecule has 6 N–H and O–H groups in total. The van der Waals surface area contributed by atoms with Gasteiger partial charge < -0.3 is 26.2 Å². The van der Waals surface area contributed by atoms with Crippen LogP contribution in [0.3, 0.4) is 0 Å². The molecular weight excluding hydrogens is 451 g/mol. The Morgan fingerprint density at radius 2 is 1.84 bits per heavy atom. The van der Waals surface area contributed by atoms with Crippen LogP contribution in [0, 0.1) is 5.92 Å². The monoisotopic (exact) mass is 482 g/mol. The second kappa shape index (κ2) is 9.21. The standard InChI is InChI=1S/C16H31BN4O8S2/c18-16(15(22)23)11-20(10-12(16)2-1-5-17(24)25)31(28,29)21(14-8-19-9-14)13-3-6-30(26,27)7-4-13/h12-14,19,24-25H,1-11,18H2,(H,22,23)/t12-,16-/m0/s1. The normalized spacial score (nSPS) is 30.4. The third kappa shape index (κ3) is 5.24. The van der Waals surface area contributed by atoms with Gasteiger partial charge in [-0.3, -0.25) is 4.79 Å². The summed E-state index contributed by atoms with van der Waals surface area (Å²) < 4.78 is 53.3. The summed E-state index contributed by atoms with van der Waals surface area (Å²) in [6.07, 6.45) is 0.973. The van der Waals surface area contributed by atoms with Gasteiger partial charge in [0.15, 0.2) is 0 Å². The molecule has 0 aromatic rings. The minimum atomic E-state index is -4.09. The Hall–Kier alpha value is -0.805. The van der Waals surface area contributed by atoms with Gasteiger partial charge in [-0.15, -0.1) is 0 Å². The number of hydrogen-bond acceptors (Lipinski definition) is 9. The molecule has 0 aromatic carbocycles. The van der Waals surface area contributed by atoms with Crippen molar-refractivity contribution in [3.63, 3.8) is 0 Å². The Labute approximate surface area is 183 Å². The van der Waals surface area contributed by atoms with E-state index in [0.717, 1.165) is 4.31 Å². The van der Waals surface area contributed by atoms with Gasteiger partial charge in [-0.2, -0.15) is 17.0 Å². The summed E-state index contributed by atoms with van der Waals surface area (Å²) in [4.78, 5) is 11.9. The van der Waals surface area contributed by atoms with E-state index in [0.29, 0.717) is 19.5 Å². The second-order valence-corrected chi connectivity index (χ2v) is 12.9. The molecule has 3 aliphatic heterocycles. The molecule has 3 saturated heterocycles. The van der Waals surface area contributed by atoms with E-state index in [-0.39, 0.29) is 49.7 Å². The third-order valence-corrected chi connectivity index (χ3v) is 10.4. The summed E-state index contributed by atoms with van der Waals surface area (Å²) >= 11 is 0. The first-order valence-corrected chi connectivity index (χ1v) is 13.7. The molecule has 0 aliphatic carbocycles. The van der Waals surface area contributed by atoms with Crippen molar-refractivity contribution in [1.29, 1.82) is 0 Å². The van der Waals surface area contributed by atoms with Crippen molar-refractivity contribution >= 4 is 33.1 Å². The first kappa shape index (κ1) is 24.8. The topological polar surface area (TPSA) is 191 Å². The van der Waals surface area contributed by atoms with E-state index in [4.69, 9.17) is 15.8 Å². The molecule has 3 fully saturated rings. The lowest BCUT2D eigenvalue weighted by atomic mass is 9.78. The minimum absolute atomic E-state index is 0.0371. The SMILES string of the molecule is N[C@@]1(C(=O)O)CN(S(=O)(=O)N(C2CCS(=O)(=O)CC2)C2CNC2)C[C@@H]1CCCB(O)O. The van der Waals surface area contributed by atoms with E-state index in [1.54, 1.807) is 0 Å². The van der Waals surface area contributed by atoms with Crippen molar-refractivity contribution in [2.75, 3.05) is 37.7 Å². The molecular formula is C16H31BN4O8S2. The van der Waals surface area contributed by atoms with Crippen LogP contribution in [-0.2, 0) is 24.8 Å². The Morgan fingerprint density at radius 1 is 1.23 bits per heavy atom. The fourth-order valence-electron chi connectivity index (χ4n) is 4.60. The van der Waals surface area contributed by atoms with Crippen LogP contribution in [0.15, 0.2) is 0 Å². The van der Waals surface area contributed by atoms with Gasteiger partial charge in [-0.05, 0) is 25.6 Å². The zero-order chi connectivity index (χ0) is 23.0. The number of sulfone groups is 1. The number of nitrogens with one attached hydrogen (secondary N) is 1. The van der Waals surface area contributed by atoms with Crippen LogP contribution < -0.4 is 11.1 Å². The molecule has 0 aromatic heterocycles. The number of carboxylic acid groups (broad SMARTS) is 1. The Kier molecular flexibility index (Phi) is 7.38. The number of nitrogens with two attached hydrogens (primary N) is 1. The van der Waals surface area contributed by atoms with Gasteiger partial charge in [-0.25, -0.2) is 8.42 Å². The highest BCUT2D eigenvalue weighted by Gasteiger charge is 2.55. The predicted molar refractivity (Wildman–Crippen MR) is 113 cm³/mol. The van der Waals surface area contributed by atoms with E-state index in [9.17, 15) is 26.7 Å². The fraction of sp³-hybridized carbons (Fsp3) is 0.938. The smallest absolute Gasteiger partial charge is 0.451 e. The average molecular weight is 482 g/mol. The third-order valence-electron chi connectivity index (χ3n) is 6.60. The summed E-state index contributed by atoms with van der Waals surface area (Å²) in [7, 11) is -8.79. The summed E-state index contributed by atoms with van der Waals surface area (Å²) in [6, 6.07) is -0.794. The molecule has 15 heteroatoms. The van der Waals surface area contributed by atoms with Crippen molar-refractivity contribution < 1.29 is 36.8 Å². The first-order valence-electron chi connectivity index (χ1n) is 10.4. The lowest BCUT2D eigenvalue weighted by Crippen LogP contribution is -2.65. The fourth-order valence-corrected chi connectivity index (χ4v) is 8.19. The lowest BCUT2D eigenvalue weighted by Gasteiger charge is -2.44. The Balaban J connectivity index is 1.81. The van der Waals surface area contributed by atoms with E-state index in [2.05, 4.69) is 5.32 Å². The molecule has 178 valence electrons. The minimum Gasteiger partial charge on any atom is -0.480 e. The summed E-state index contributed by atoms with van der Waals surface area (Å²) in [5.74, 6) is -2.15. The summed E-state index contributed by atoms with van der Waals surface area (Å²) in [5.41, 5.74) is 4.36. The maximum Gasteiger partial charge on any atom is 0.451 e. The van der Waals surface area contributed by atoms with Crippen LogP contribution in [0.4, 0.5) is 0 Å². The van der Waals surface area contributed by atoms with Crippen molar-refractivity contribution in [2.45, 2.75) is 49.6 Å². The van der Waals surface area contributed by atoms with Gasteiger partial charge in [0.05, 0.1) is 17.5 Å². The number of aliphatic carboxylic acids is 1. The molecule has 2 atom stereocenters. The van der Waals surface area contributed by atoms with Gasteiger partial charge in [0.2, 0.25) is 0 Å². The molecule has 0 radical (unpaired) electrons. The Morgan fingerprint density at radius 3 is 2.32 bits per heavy atom. The predicted octanol–water partition coefficient (Wildman–Crippen LogP) is -2.95. The molecule has 3 rings (SSSR count). The van der Waals surface area contributed by atoms with Gasteiger partial charge in [-0.1, -0.05) is 6.42 Å². The highest BCUT2D eigenvalue weighted by Crippen LogP contribution is 2.35. The quantitative estimate of drug-likeness (QED) is 0.212. The number of nitrogens with zero attached hydrogens (tertiary/aromatic N) is 2. The van der Waals surface area contributed by atoms with Crippen molar-refractivity contribution in [3.8, 4) is 0 Å². The zero-order valence-corrected chi connectivity index (χ0v) is 18.9. The lowest BCUT2D eigenvalue weighted by molar-refractivity contribution is -0.144. The number of hydrogen-bond donors (Lipinski definition) is 5. The average Bonchev–Trinajstić information content (AvgIpc) is 2.97.